The van der Waals surface area contributed by atoms with Crippen LogP contribution in [0.5, 0.6) is 0 Å². The number of thioether (sulfide) groups is 2. The summed E-state index contributed by atoms with van der Waals surface area (Å²) in [5.74, 6) is 0.568. The van der Waals surface area contributed by atoms with E-state index in [1.165, 1.54) is 12.5 Å². The Bertz CT molecular complexity index is 846. The van der Waals surface area contributed by atoms with Crippen LogP contribution >= 0.6 is 23.5 Å². The maximum atomic E-state index is 13.1. The number of rotatable bonds is 13. The van der Waals surface area contributed by atoms with Crippen molar-refractivity contribution in [2.75, 3.05) is 23.9 Å². The largest absolute Gasteiger partial charge is 0.464 e. The zero-order chi connectivity index (χ0) is 23.2. The summed E-state index contributed by atoms with van der Waals surface area (Å²) < 4.78 is 5.19. The van der Waals surface area contributed by atoms with E-state index in [4.69, 9.17) is 4.74 Å². The Balaban J connectivity index is 1.98. The fourth-order valence-corrected chi connectivity index (χ4v) is 4.79. The topological polar surface area (TPSA) is 72.5 Å². The number of benzene rings is 2. The average molecular weight is 474 g/mol. The summed E-state index contributed by atoms with van der Waals surface area (Å²) in [6.07, 6.45) is 1.39. The van der Waals surface area contributed by atoms with Crippen LogP contribution in [0.15, 0.2) is 60.7 Å². The molecule has 0 spiro atoms. The Morgan fingerprint density at radius 3 is 2.16 bits per heavy atom. The summed E-state index contributed by atoms with van der Waals surface area (Å²) in [4.78, 5) is 37.0. The molecule has 0 aliphatic rings. The van der Waals surface area contributed by atoms with Crippen LogP contribution in [-0.2, 0) is 32.0 Å². The van der Waals surface area contributed by atoms with Crippen LogP contribution in [0.1, 0.15) is 25.0 Å². The summed E-state index contributed by atoms with van der Waals surface area (Å²) in [6.45, 7) is 3.50. The first-order valence-corrected chi connectivity index (χ1v) is 12.9. The van der Waals surface area contributed by atoms with Crippen LogP contribution in [0.4, 0.5) is 0 Å². The molecule has 0 aliphatic carbocycles. The monoisotopic (exact) mass is 473 g/mol. The number of carbonyl (C=O) groups excluding carboxylic acids is 3. The van der Waals surface area contributed by atoms with Crippen molar-refractivity contribution in [1.82, 2.24) is 5.32 Å². The highest BCUT2D eigenvalue weighted by atomic mass is 32.2. The molecule has 0 bridgehead atoms. The molecule has 32 heavy (non-hydrogen) atoms. The minimum absolute atomic E-state index is 0.0331. The third-order valence-electron chi connectivity index (χ3n) is 4.73. The van der Waals surface area contributed by atoms with Crippen LogP contribution in [-0.4, -0.2) is 46.9 Å². The number of esters is 1. The van der Waals surface area contributed by atoms with E-state index in [0.29, 0.717) is 17.9 Å². The second-order valence-electron chi connectivity index (χ2n) is 7.31. The van der Waals surface area contributed by atoms with Crippen molar-refractivity contribution in [3.8, 4) is 0 Å². The molecule has 2 aromatic rings. The molecule has 0 fully saturated rings. The Labute approximate surface area is 199 Å². The molecule has 0 unspecified atom stereocenters. The first-order valence-electron chi connectivity index (χ1n) is 10.8. The second-order valence-corrected chi connectivity index (χ2v) is 9.66. The fourth-order valence-electron chi connectivity index (χ4n) is 3.08. The molecule has 1 amide bonds. The highest BCUT2D eigenvalue weighted by molar-refractivity contribution is 8.13. The lowest BCUT2D eigenvalue weighted by molar-refractivity contribution is -0.147. The van der Waals surface area contributed by atoms with Gasteiger partial charge < -0.3 is 10.1 Å². The number of hydrogen-bond donors (Lipinski definition) is 1. The Hall–Kier alpha value is -2.25. The van der Waals surface area contributed by atoms with Gasteiger partial charge in [0.15, 0.2) is 5.12 Å². The minimum atomic E-state index is -0.719. The second kappa shape index (κ2) is 14.7. The van der Waals surface area contributed by atoms with Crippen molar-refractivity contribution in [3.63, 3.8) is 0 Å². The fraction of sp³-hybridized carbons (Fsp3) is 0.400. The van der Waals surface area contributed by atoms with E-state index in [1.807, 2.05) is 48.5 Å². The lowest BCUT2D eigenvalue weighted by atomic mass is 10.00. The van der Waals surface area contributed by atoms with Gasteiger partial charge in [-0.15, -0.1) is 0 Å². The SMILES string of the molecule is CCOC(=O)[C@H](CSCCc1ccccc1)NC(=O)[C@@H](CSC(C)=O)Cc1ccccc1. The minimum Gasteiger partial charge on any atom is -0.464 e. The van der Waals surface area contributed by atoms with E-state index >= 15 is 0 Å². The summed E-state index contributed by atoms with van der Waals surface area (Å²) in [5, 5.41) is 2.85. The van der Waals surface area contributed by atoms with Crippen molar-refractivity contribution in [3.05, 3.63) is 71.8 Å². The Morgan fingerprint density at radius 2 is 1.56 bits per heavy atom. The number of aryl methyl sites for hydroxylation is 1. The number of nitrogens with one attached hydrogen (secondary N) is 1. The summed E-state index contributed by atoms with van der Waals surface area (Å²) in [6, 6.07) is 19.1. The number of carbonyl (C=O) groups is 3. The number of ether oxygens (including phenoxy) is 1. The van der Waals surface area contributed by atoms with Gasteiger partial charge in [0.05, 0.1) is 12.5 Å². The standard InChI is InChI=1S/C25H31NO4S2/c1-3-30-25(29)23(18-31-15-14-20-10-6-4-7-11-20)26-24(28)22(17-32-19(2)27)16-21-12-8-5-9-13-21/h4-13,22-23H,3,14-18H2,1-2H3,(H,26,28)/t22-,23+/m1/s1. The van der Waals surface area contributed by atoms with Gasteiger partial charge in [-0.05, 0) is 36.6 Å². The normalized spacial score (nSPS) is 12.6. The van der Waals surface area contributed by atoms with Gasteiger partial charge >= 0.3 is 5.97 Å². The smallest absolute Gasteiger partial charge is 0.329 e. The Kier molecular flexibility index (Phi) is 12.0. The summed E-state index contributed by atoms with van der Waals surface area (Å²) in [7, 11) is 0. The highest BCUT2D eigenvalue weighted by Gasteiger charge is 2.27. The van der Waals surface area contributed by atoms with Crippen molar-refractivity contribution in [2.24, 2.45) is 5.92 Å². The molecule has 172 valence electrons. The maximum absolute atomic E-state index is 13.1. The van der Waals surface area contributed by atoms with Crippen LogP contribution in [0.3, 0.4) is 0 Å². The molecule has 0 saturated heterocycles. The molecule has 1 N–H and O–H groups in total. The van der Waals surface area contributed by atoms with Gasteiger partial charge in [0, 0.05) is 18.4 Å². The van der Waals surface area contributed by atoms with Gasteiger partial charge in [0.1, 0.15) is 6.04 Å². The van der Waals surface area contributed by atoms with E-state index in [0.717, 1.165) is 29.5 Å². The van der Waals surface area contributed by atoms with Crippen LogP contribution in [0.25, 0.3) is 0 Å². The first-order chi connectivity index (χ1) is 15.5. The zero-order valence-corrected chi connectivity index (χ0v) is 20.3. The Morgan fingerprint density at radius 1 is 0.938 bits per heavy atom. The quantitative estimate of drug-likeness (QED) is 0.348. The number of hydrogen-bond acceptors (Lipinski definition) is 6. The molecule has 7 heteroatoms. The van der Waals surface area contributed by atoms with Crippen molar-refractivity contribution < 1.29 is 19.1 Å². The van der Waals surface area contributed by atoms with Crippen molar-refractivity contribution in [2.45, 2.75) is 32.7 Å². The van der Waals surface area contributed by atoms with Gasteiger partial charge in [-0.1, -0.05) is 72.4 Å². The van der Waals surface area contributed by atoms with Gasteiger partial charge in [-0.2, -0.15) is 11.8 Å². The predicted molar refractivity (Wildman–Crippen MR) is 133 cm³/mol. The van der Waals surface area contributed by atoms with Crippen molar-refractivity contribution in [1.29, 1.82) is 0 Å². The van der Waals surface area contributed by atoms with Crippen LogP contribution in [0, 0.1) is 5.92 Å². The van der Waals surface area contributed by atoms with E-state index in [2.05, 4.69) is 17.4 Å². The lowest BCUT2D eigenvalue weighted by Crippen LogP contribution is -2.47. The molecule has 0 aromatic heterocycles. The van der Waals surface area contributed by atoms with Gasteiger partial charge in [0.2, 0.25) is 5.91 Å². The highest BCUT2D eigenvalue weighted by Crippen LogP contribution is 2.17. The summed E-state index contributed by atoms with van der Waals surface area (Å²) >= 11 is 2.74. The molecule has 5 nitrogen and oxygen atoms in total. The van der Waals surface area contributed by atoms with Crippen LogP contribution in [0.2, 0.25) is 0 Å². The average Bonchev–Trinajstić information content (AvgIpc) is 2.79. The van der Waals surface area contributed by atoms with Gasteiger partial charge in [-0.3, -0.25) is 9.59 Å². The summed E-state index contributed by atoms with van der Waals surface area (Å²) in [5.41, 5.74) is 2.25. The zero-order valence-electron chi connectivity index (χ0n) is 18.6. The third kappa shape index (κ3) is 9.92. The van der Waals surface area contributed by atoms with E-state index in [-0.39, 0.29) is 17.6 Å². The molecule has 0 heterocycles. The molecule has 2 aromatic carbocycles. The molecule has 0 aliphatic heterocycles. The molecule has 2 atom stereocenters. The van der Waals surface area contributed by atoms with E-state index < -0.39 is 17.9 Å². The third-order valence-corrected chi connectivity index (χ3v) is 6.77. The maximum Gasteiger partial charge on any atom is 0.329 e. The molecule has 0 radical (unpaired) electrons. The predicted octanol–water partition coefficient (Wildman–Crippen LogP) is 4.15. The number of amides is 1. The van der Waals surface area contributed by atoms with Gasteiger partial charge in [0.25, 0.3) is 0 Å². The molecule has 2 rings (SSSR count). The van der Waals surface area contributed by atoms with Crippen molar-refractivity contribution >= 4 is 40.5 Å². The van der Waals surface area contributed by atoms with E-state index in [1.54, 1.807) is 18.7 Å². The first kappa shape index (κ1) is 26.0. The van der Waals surface area contributed by atoms with E-state index in [9.17, 15) is 14.4 Å². The molecular formula is C25H31NO4S2. The lowest BCUT2D eigenvalue weighted by Gasteiger charge is -2.21. The molecular weight excluding hydrogens is 442 g/mol. The molecule has 0 saturated carbocycles. The van der Waals surface area contributed by atoms with Gasteiger partial charge in [-0.25, -0.2) is 4.79 Å². The van der Waals surface area contributed by atoms with Crippen LogP contribution < -0.4 is 5.32 Å².